The molecule has 1 aliphatic rings. The molecule has 1 aliphatic heterocycles. The highest BCUT2D eigenvalue weighted by Crippen LogP contribution is 2.31. The number of nitrogens with zero attached hydrogens (tertiary/aromatic N) is 5. The first-order chi connectivity index (χ1) is 21.4. The zero-order valence-electron chi connectivity index (χ0n) is 23.8. The van der Waals surface area contributed by atoms with E-state index in [1.165, 1.54) is 24.2 Å². The standard InChI is InChI=1S/C29H31ClN10O4/c1-44-29(43)35-20-6-7-21-23(15-20)31-12-2-3-13-32-26(41)11-8-22(28-33-16-24(21)37-28)36-27(42)10-4-18-14-19(30)5-9-25(18)40-17-34-38-39-40/h4-7,9-10,14-17,22,31H,2-3,8,11-13H2,1H3,(H,32,41)(H,33,37)(H,35,43)(H,36,42)/b10-4+/t22-/m0/s1. The number of fused-ring (bicyclic) bond motifs is 4. The van der Waals surface area contributed by atoms with Crippen molar-refractivity contribution >= 4 is 47.0 Å². The largest absolute Gasteiger partial charge is 0.453 e. The molecule has 0 saturated carbocycles. The van der Waals surface area contributed by atoms with Crippen LogP contribution in [0.1, 0.15) is 43.1 Å². The predicted octanol–water partition coefficient (Wildman–Crippen LogP) is 3.86. The predicted molar refractivity (Wildman–Crippen MR) is 164 cm³/mol. The molecule has 228 valence electrons. The summed E-state index contributed by atoms with van der Waals surface area (Å²) in [6.07, 6.45) is 7.72. The van der Waals surface area contributed by atoms with Crippen LogP contribution in [0.5, 0.6) is 0 Å². The number of benzene rings is 2. The molecule has 0 saturated heterocycles. The summed E-state index contributed by atoms with van der Waals surface area (Å²) >= 11 is 6.21. The number of nitrogens with one attached hydrogen (secondary N) is 5. The Bertz CT molecular complexity index is 1650. The molecule has 3 heterocycles. The topological polar surface area (TPSA) is 181 Å². The summed E-state index contributed by atoms with van der Waals surface area (Å²) in [6.45, 7) is 1.18. The first kappa shape index (κ1) is 30.2. The van der Waals surface area contributed by atoms with Crippen molar-refractivity contribution in [1.82, 2.24) is 40.8 Å². The maximum absolute atomic E-state index is 13.2. The van der Waals surface area contributed by atoms with Crippen LogP contribution in [0.3, 0.4) is 0 Å². The van der Waals surface area contributed by atoms with Gasteiger partial charge in [0.05, 0.1) is 24.5 Å². The number of tetrazole rings is 1. The minimum atomic E-state index is -0.591. The second-order valence-electron chi connectivity index (χ2n) is 9.92. The molecule has 15 heteroatoms. The van der Waals surface area contributed by atoms with Gasteiger partial charge in [-0.1, -0.05) is 11.6 Å². The molecule has 2 bridgehead atoms. The lowest BCUT2D eigenvalue weighted by Gasteiger charge is -2.16. The number of ether oxygens (including phenoxy) is 1. The average Bonchev–Trinajstić information content (AvgIpc) is 3.73. The quantitative estimate of drug-likeness (QED) is 0.207. The molecule has 0 aliphatic carbocycles. The smallest absolute Gasteiger partial charge is 0.411 e. The van der Waals surface area contributed by atoms with Crippen LogP contribution in [0.2, 0.25) is 5.02 Å². The first-order valence-corrected chi connectivity index (χ1v) is 14.3. The summed E-state index contributed by atoms with van der Waals surface area (Å²) in [7, 11) is 1.30. The molecule has 0 radical (unpaired) electrons. The van der Waals surface area contributed by atoms with E-state index in [0.717, 1.165) is 24.1 Å². The fourth-order valence-corrected chi connectivity index (χ4v) is 4.86. The van der Waals surface area contributed by atoms with Crippen molar-refractivity contribution in [3.05, 3.63) is 71.4 Å². The Morgan fingerprint density at radius 3 is 2.77 bits per heavy atom. The number of hydrogen-bond acceptors (Lipinski definition) is 9. The number of amides is 3. The van der Waals surface area contributed by atoms with Gasteiger partial charge in [-0.3, -0.25) is 14.9 Å². The van der Waals surface area contributed by atoms with Gasteiger partial charge in [-0.15, -0.1) is 5.10 Å². The van der Waals surface area contributed by atoms with Gasteiger partial charge in [0.25, 0.3) is 0 Å². The van der Waals surface area contributed by atoms with Gasteiger partial charge >= 0.3 is 6.09 Å². The van der Waals surface area contributed by atoms with E-state index in [1.807, 2.05) is 12.1 Å². The Hall–Kier alpha value is -5.24. The summed E-state index contributed by atoms with van der Waals surface area (Å²) in [6, 6.07) is 9.98. The summed E-state index contributed by atoms with van der Waals surface area (Å²) in [4.78, 5) is 45.5. The number of carbonyl (C=O) groups is 3. The maximum Gasteiger partial charge on any atom is 0.411 e. The molecule has 5 N–H and O–H groups in total. The van der Waals surface area contributed by atoms with E-state index in [1.54, 1.807) is 36.5 Å². The third-order valence-corrected chi connectivity index (χ3v) is 7.11. The third kappa shape index (κ3) is 7.77. The molecule has 1 atom stereocenters. The second-order valence-corrected chi connectivity index (χ2v) is 10.4. The summed E-state index contributed by atoms with van der Waals surface area (Å²) < 4.78 is 6.19. The van der Waals surface area contributed by atoms with Crippen molar-refractivity contribution < 1.29 is 19.1 Å². The summed E-state index contributed by atoms with van der Waals surface area (Å²) in [5.74, 6) is -0.0139. The average molecular weight is 619 g/mol. The Kier molecular flexibility index (Phi) is 9.81. The third-order valence-electron chi connectivity index (χ3n) is 6.87. The lowest BCUT2D eigenvalue weighted by atomic mass is 10.1. The van der Waals surface area contributed by atoms with Crippen molar-refractivity contribution in [3.63, 3.8) is 0 Å². The van der Waals surface area contributed by atoms with Crippen molar-refractivity contribution in [3.8, 4) is 16.9 Å². The van der Waals surface area contributed by atoms with Crippen LogP contribution < -0.4 is 21.3 Å². The fourth-order valence-electron chi connectivity index (χ4n) is 4.68. The lowest BCUT2D eigenvalue weighted by molar-refractivity contribution is -0.122. The van der Waals surface area contributed by atoms with Gasteiger partial charge in [0, 0.05) is 59.3 Å². The van der Waals surface area contributed by atoms with Gasteiger partial charge in [0.2, 0.25) is 11.8 Å². The molecule has 5 rings (SSSR count). The van der Waals surface area contributed by atoms with Gasteiger partial charge in [-0.05, 0) is 72.2 Å². The Morgan fingerprint density at radius 1 is 1.14 bits per heavy atom. The minimum Gasteiger partial charge on any atom is -0.453 e. The number of carbonyl (C=O) groups excluding carboxylic acids is 3. The Labute approximate surface area is 257 Å². The van der Waals surface area contributed by atoms with Gasteiger partial charge in [-0.25, -0.2) is 9.78 Å². The molecule has 44 heavy (non-hydrogen) atoms. The molecule has 4 aromatic rings. The van der Waals surface area contributed by atoms with Gasteiger partial charge in [0.1, 0.15) is 12.2 Å². The number of rotatable bonds is 5. The lowest BCUT2D eigenvalue weighted by Crippen LogP contribution is -2.30. The van der Waals surface area contributed by atoms with E-state index in [-0.39, 0.29) is 12.3 Å². The number of hydrogen-bond donors (Lipinski definition) is 5. The van der Waals surface area contributed by atoms with Crippen LogP contribution in [-0.4, -0.2) is 68.3 Å². The van der Waals surface area contributed by atoms with Gasteiger partial charge in [0.15, 0.2) is 0 Å². The Balaban J connectivity index is 1.40. The molecular formula is C29H31ClN10O4. The van der Waals surface area contributed by atoms with E-state index >= 15 is 0 Å². The summed E-state index contributed by atoms with van der Waals surface area (Å²) in [5, 5.41) is 23.7. The summed E-state index contributed by atoms with van der Waals surface area (Å²) in [5.41, 5.74) is 4.02. The SMILES string of the molecule is COC(=O)Nc1ccc2c(c1)NCCCCNC(=O)CC[C@H](NC(=O)/C=C/c1cc(Cl)ccc1-n1cnnn1)c1nc-2c[nH]1. The Morgan fingerprint density at radius 2 is 1.98 bits per heavy atom. The van der Waals surface area contributed by atoms with Crippen LogP contribution in [0.25, 0.3) is 23.0 Å². The van der Waals surface area contributed by atoms with E-state index in [9.17, 15) is 14.4 Å². The van der Waals surface area contributed by atoms with Crippen LogP contribution in [0, 0.1) is 0 Å². The molecule has 0 spiro atoms. The normalized spacial score (nSPS) is 15.7. The van der Waals surface area contributed by atoms with Crippen LogP contribution in [0.15, 0.2) is 55.0 Å². The van der Waals surface area contributed by atoms with Gasteiger partial charge in [-0.2, -0.15) is 4.68 Å². The molecule has 0 fully saturated rings. The van der Waals surface area contributed by atoms with E-state index < -0.39 is 18.0 Å². The molecule has 0 unspecified atom stereocenters. The van der Waals surface area contributed by atoms with Crippen LogP contribution >= 0.6 is 11.6 Å². The molecule has 2 aromatic heterocycles. The first-order valence-electron chi connectivity index (χ1n) is 14.0. The number of imidazole rings is 1. The van der Waals surface area contributed by atoms with Crippen molar-refractivity contribution in [2.24, 2.45) is 0 Å². The van der Waals surface area contributed by atoms with Crippen molar-refractivity contribution in [2.75, 3.05) is 30.8 Å². The second kappa shape index (κ2) is 14.3. The number of anilines is 2. The minimum absolute atomic E-state index is 0.110. The maximum atomic E-state index is 13.2. The van der Waals surface area contributed by atoms with Crippen molar-refractivity contribution in [1.29, 1.82) is 0 Å². The van der Waals surface area contributed by atoms with Crippen LogP contribution in [0.4, 0.5) is 16.2 Å². The number of aromatic amines is 1. The monoisotopic (exact) mass is 618 g/mol. The van der Waals surface area contributed by atoms with E-state index in [2.05, 4.69) is 41.8 Å². The van der Waals surface area contributed by atoms with E-state index in [4.69, 9.17) is 21.3 Å². The molecule has 2 aromatic carbocycles. The van der Waals surface area contributed by atoms with E-state index in [0.29, 0.717) is 53.0 Å². The highest BCUT2D eigenvalue weighted by Gasteiger charge is 2.21. The van der Waals surface area contributed by atoms with Gasteiger partial charge < -0.3 is 25.7 Å². The number of halogens is 1. The zero-order chi connectivity index (χ0) is 30.9. The number of H-pyrrole nitrogens is 1. The van der Waals surface area contributed by atoms with Crippen molar-refractivity contribution in [2.45, 2.75) is 31.7 Å². The molecule has 3 amide bonds. The highest BCUT2D eigenvalue weighted by atomic mass is 35.5. The molecule has 14 nitrogen and oxygen atoms in total. The molecular weight excluding hydrogens is 588 g/mol. The zero-order valence-corrected chi connectivity index (χ0v) is 24.6. The number of methoxy groups -OCH3 is 1. The fraction of sp³-hybridized carbons (Fsp3) is 0.276. The van der Waals surface area contributed by atoms with Crippen LogP contribution in [-0.2, 0) is 14.3 Å². The number of aromatic nitrogens is 6. The highest BCUT2D eigenvalue weighted by molar-refractivity contribution is 6.30.